The topological polar surface area (TPSA) is 23.6 Å². The summed E-state index contributed by atoms with van der Waals surface area (Å²) in [7, 11) is 0. The van der Waals surface area contributed by atoms with Gasteiger partial charge in [-0.3, -0.25) is 9.69 Å². The van der Waals surface area contributed by atoms with E-state index in [4.69, 9.17) is 11.6 Å². The van der Waals surface area contributed by atoms with Gasteiger partial charge in [0.15, 0.2) is 0 Å². The summed E-state index contributed by atoms with van der Waals surface area (Å²) in [5, 5.41) is 0. The molecule has 3 nitrogen and oxygen atoms in total. The van der Waals surface area contributed by atoms with Gasteiger partial charge in [0.25, 0.3) is 0 Å². The van der Waals surface area contributed by atoms with E-state index in [1.165, 1.54) is 4.88 Å². The number of nitrogens with zero attached hydrogens (tertiary/aromatic N) is 2. The van der Waals surface area contributed by atoms with Gasteiger partial charge in [0.2, 0.25) is 5.91 Å². The molecule has 0 radical (unpaired) electrons. The van der Waals surface area contributed by atoms with Crippen molar-refractivity contribution in [2.24, 2.45) is 0 Å². The van der Waals surface area contributed by atoms with Crippen LogP contribution >= 0.6 is 22.9 Å². The average Bonchev–Trinajstić information content (AvgIpc) is 3.00. The van der Waals surface area contributed by atoms with Crippen LogP contribution in [0.15, 0.2) is 42.5 Å². The zero-order chi connectivity index (χ0) is 17.2. The van der Waals surface area contributed by atoms with Crippen LogP contribution in [0.4, 0.5) is 0 Å². The molecule has 24 heavy (non-hydrogen) atoms. The van der Waals surface area contributed by atoms with Crippen LogP contribution in [0.1, 0.15) is 24.3 Å². The molecule has 1 aliphatic heterocycles. The highest BCUT2D eigenvalue weighted by Crippen LogP contribution is 2.27. The fourth-order valence-electron chi connectivity index (χ4n) is 3.14. The quantitative estimate of drug-likeness (QED) is 0.820. The SMILES string of the molecule is CC(C)(C(=O)N1CCN(Cc2ccc(Cl)s2)CC1)c1ccccc1. The zero-order valence-electron chi connectivity index (χ0n) is 14.2. The zero-order valence-corrected chi connectivity index (χ0v) is 15.7. The van der Waals surface area contributed by atoms with Gasteiger partial charge in [0.1, 0.15) is 0 Å². The highest BCUT2D eigenvalue weighted by Gasteiger charge is 2.34. The maximum Gasteiger partial charge on any atom is 0.232 e. The number of thiophene rings is 1. The second kappa shape index (κ2) is 7.26. The summed E-state index contributed by atoms with van der Waals surface area (Å²) in [6, 6.07) is 14.1. The van der Waals surface area contributed by atoms with Gasteiger partial charge in [-0.05, 0) is 31.5 Å². The Kier molecular flexibility index (Phi) is 5.28. The van der Waals surface area contributed by atoms with E-state index in [9.17, 15) is 4.79 Å². The Morgan fingerprint density at radius 1 is 1.08 bits per heavy atom. The molecule has 128 valence electrons. The third-order valence-electron chi connectivity index (χ3n) is 4.70. The molecule has 0 N–H and O–H groups in total. The number of amides is 1. The molecule has 5 heteroatoms. The van der Waals surface area contributed by atoms with Crippen molar-refractivity contribution in [2.75, 3.05) is 26.2 Å². The maximum absolute atomic E-state index is 13.0. The van der Waals surface area contributed by atoms with E-state index in [2.05, 4.69) is 11.0 Å². The number of halogens is 1. The molecule has 0 unspecified atom stereocenters. The molecular weight excluding hydrogens is 340 g/mol. The lowest BCUT2D eigenvalue weighted by molar-refractivity contribution is -0.138. The van der Waals surface area contributed by atoms with Crippen molar-refractivity contribution >= 4 is 28.8 Å². The lowest BCUT2D eigenvalue weighted by atomic mass is 9.83. The summed E-state index contributed by atoms with van der Waals surface area (Å²) in [5.41, 5.74) is 0.593. The van der Waals surface area contributed by atoms with E-state index in [0.717, 1.165) is 42.6 Å². The standard InChI is InChI=1S/C19H23ClN2OS/c1-19(2,15-6-4-3-5-7-15)18(23)22-12-10-21(11-13-22)14-16-8-9-17(20)24-16/h3-9H,10-14H2,1-2H3. The van der Waals surface area contributed by atoms with Crippen molar-refractivity contribution in [3.8, 4) is 0 Å². The minimum Gasteiger partial charge on any atom is -0.339 e. The first kappa shape index (κ1) is 17.5. The highest BCUT2D eigenvalue weighted by atomic mass is 35.5. The summed E-state index contributed by atoms with van der Waals surface area (Å²) in [5.74, 6) is 0.215. The number of hydrogen-bond donors (Lipinski definition) is 0. The van der Waals surface area contributed by atoms with Gasteiger partial charge in [-0.1, -0.05) is 41.9 Å². The van der Waals surface area contributed by atoms with Gasteiger partial charge >= 0.3 is 0 Å². The number of hydrogen-bond acceptors (Lipinski definition) is 3. The molecule has 3 rings (SSSR count). The number of carbonyl (C=O) groups is 1. The van der Waals surface area contributed by atoms with E-state index in [0.29, 0.717) is 0 Å². The maximum atomic E-state index is 13.0. The third kappa shape index (κ3) is 3.82. The fraction of sp³-hybridized carbons (Fsp3) is 0.421. The van der Waals surface area contributed by atoms with E-state index in [-0.39, 0.29) is 5.91 Å². The predicted octanol–water partition coefficient (Wildman–Crippen LogP) is 4.02. The third-order valence-corrected chi connectivity index (χ3v) is 5.91. The van der Waals surface area contributed by atoms with Crippen LogP contribution in [0.25, 0.3) is 0 Å². The predicted molar refractivity (Wildman–Crippen MR) is 101 cm³/mol. The van der Waals surface area contributed by atoms with E-state index in [1.54, 1.807) is 11.3 Å². The normalized spacial score (nSPS) is 16.4. The molecule has 0 atom stereocenters. The molecule has 2 heterocycles. The van der Waals surface area contributed by atoms with Gasteiger partial charge < -0.3 is 4.90 Å². The van der Waals surface area contributed by atoms with Crippen molar-refractivity contribution in [2.45, 2.75) is 25.8 Å². The first-order valence-electron chi connectivity index (χ1n) is 8.28. The van der Waals surface area contributed by atoms with Crippen molar-refractivity contribution < 1.29 is 4.79 Å². The molecule has 1 saturated heterocycles. The minimum absolute atomic E-state index is 0.215. The largest absolute Gasteiger partial charge is 0.339 e. The smallest absolute Gasteiger partial charge is 0.232 e. The Bertz CT molecular complexity index is 690. The molecule has 0 spiro atoms. The van der Waals surface area contributed by atoms with Crippen molar-refractivity contribution in [1.29, 1.82) is 0 Å². The van der Waals surface area contributed by atoms with Gasteiger partial charge in [0, 0.05) is 37.6 Å². The molecule has 0 saturated carbocycles. The number of carbonyl (C=O) groups excluding carboxylic acids is 1. The second-order valence-corrected chi connectivity index (χ2v) is 8.56. The fourth-order valence-corrected chi connectivity index (χ4v) is 4.27. The van der Waals surface area contributed by atoms with Crippen LogP contribution in [-0.2, 0) is 16.8 Å². The van der Waals surface area contributed by atoms with Gasteiger partial charge in [-0.2, -0.15) is 0 Å². The van der Waals surface area contributed by atoms with Crippen molar-refractivity contribution in [1.82, 2.24) is 9.80 Å². The second-order valence-electron chi connectivity index (χ2n) is 6.77. The Labute approximate surface area is 152 Å². The summed E-state index contributed by atoms with van der Waals surface area (Å²) >= 11 is 7.63. The molecule has 1 aromatic carbocycles. The Morgan fingerprint density at radius 2 is 1.75 bits per heavy atom. The molecule has 1 aliphatic rings. The van der Waals surface area contributed by atoms with Crippen molar-refractivity contribution in [3.05, 3.63) is 57.2 Å². The molecule has 0 aliphatic carbocycles. The van der Waals surface area contributed by atoms with Crippen LogP contribution in [-0.4, -0.2) is 41.9 Å². The first-order chi connectivity index (χ1) is 11.5. The van der Waals surface area contributed by atoms with E-state index in [1.807, 2.05) is 55.1 Å². The van der Waals surface area contributed by atoms with E-state index < -0.39 is 5.41 Å². The lowest BCUT2D eigenvalue weighted by Crippen LogP contribution is -2.52. The number of piperazine rings is 1. The summed E-state index contributed by atoms with van der Waals surface area (Å²) in [6.45, 7) is 8.34. The van der Waals surface area contributed by atoms with Gasteiger partial charge in [-0.25, -0.2) is 0 Å². The molecule has 1 amide bonds. The number of rotatable bonds is 4. The first-order valence-corrected chi connectivity index (χ1v) is 9.48. The Hall–Kier alpha value is -1.36. The summed E-state index contributed by atoms with van der Waals surface area (Å²) in [4.78, 5) is 18.7. The van der Waals surface area contributed by atoms with Gasteiger partial charge in [-0.15, -0.1) is 11.3 Å². The van der Waals surface area contributed by atoms with E-state index >= 15 is 0 Å². The van der Waals surface area contributed by atoms with Crippen molar-refractivity contribution in [3.63, 3.8) is 0 Å². The molecule has 2 aromatic rings. The van der Waals surface area contributed by atoms with Crippen LogP contribution in [0.5, 0.6) is 0 Å². The average molecular weight is 363 g/mol. The van der Waals surface area contributed by atoms with Crippen LogP contribution < -0.4 is 0 Å². The molecular formula is C19H23ClN2OS. The summed E-state index contributed by atoms with van der Waals surface area (Å²) < 4.78 is 0.837. The molecule has 0 bridgehead atoms. The molecule has 1 aromatic heterocycles. The lowest BCUT2D eigenvalue weighted by Gasteiger charge is -2.38. The minimum atomic E-state index is -0.481. The Morgan fingerprint density at radius 3 is 2.33 bits per heavy atom. The van der Waals surface area contributed by atoms with Gasteiger partial charge in [0.05, 0.1) is 9.75 Å². The van der Waals surface area contributed by atoms with Crippen LogP contribution in [0.3, 0.4) is 0 Å². The monoisotopic (exact) mass is 362 g/mol. The number of benzene rings is 1. The Balaban J connectivity index is 1.59. The highest BCUT2D eigenvalue weighted by molar-refractivity contribution is 7.16. The van der Waals surface area contributed by atoms with Crippen LogP contribution in [0, 0.1) is 0 Å². The molecule has 1 fully saturated rings. The van der Waals surface area contributed by atoms with Crippen LogP contribution in [0.2, 0.25) is 4.34 Å². The summed E-state index contributed by atoms with van der Waals surface area (Å²) in [6.07, 6.45) is 0.